The molecule has 12 aromatic carbocycles. The van der Waals surface area contributed by atoms with Crippen LogP contribution in [0, 0.1) is 0 Å². The molecule has 0 saturated carbocycles. The van der Waals surface area contributed by atoms with Gasteiger partial charge in [0.1, 0.15) is 5.65 Å². The number of fused-ring (bicyclic) bond motifs is 17. The lowest BCUT2D eigenvalue weighted by Gasteiger charge is -2.20. The van der Waals surface area contributed by atoms with Crippen molar-refractivity contribution >= 4 is 103 Å². The summed E-state index contributed by atoms with van der Waals surface area (Å²) < 4.78 is 2.41. The molecule has 0 radical (unpaired) electrons. The third-order valence-electron chi connectivity index (χ3n) is 13.7. The van der Waals surface area contributed by atoms with Crippen molar-refractivity contribution in [3.05, 3.63) is 218 Å². The third kappa shape index (κ3) is 4.92. The molecule has 0 spiro atoms. The molecule has 2 nitrogen and oxygen atoms in total. The molecule has 290 valence electrons. The molecule has 63 heavy (non-hydrogen) atoms. The van der Waals surface area contributed by atoms with Gasteiger partial charge in [0.25, 0.3) is 0 Å². The summed E-state index contributed by atoms with van der Waals surface area (Å²) in [5.74, 6) is 0. The summed E-state index contributed by atoms with van der Waals surface area (Å²) in [6.45, 7) is 0. The van der Waals surface area contributed by atoms with Crippen LogP contribution in [0.15, 0.2) is 218 Å². The van der Waals surface area contributed by atoms with E-state index in [1.807, 2.05) is 0 Å². The van der Waals surface area contributed by atoms with Crippen LogP contribution in [-0.4, -0.2) is 9.38 Å². The monoisotopic (exact) mass is 796 g/mol. The molecule has 0 atom stereocenters. The van der Waals surface area contributed by atoms with Crippen molar-refractivity contribution in [2.45, 2.75) is 0 Å². The van der Waals surface area contributed by atoms with Crippen molar-refractivity contribution in [3.8, 4) is 33.4 Å². The lowest BCUT2D eigenvalue weighted by molar-refractivity contribution is 1.32. The van der Waals surface area contributed by atoms with Crippen LogP contribution >= 0.6 is 0 Å². The van der Waals surface area contributed by atoms with Gasteiger partial charge in [-0.2, -0.15) is 0 Å². The second kappa shape index (κ2) is 13.1. The molecule has 0 fully saturated rings. The van der Waals surface area contributed by atoms with E-state index in [1.54, 1.807) is 0 Å². The van der Waals surface area contributed by atoms with Crippen molar-refractivity contribution in [2.75, 3.05) is 0 Å². The topological polar surface area (TPSA) is 17.3 Å². The Kier molecular flexibility index (Phi) is 7.14. The highest BCUT2D eigenvalue weighted by atomic mass is 15.0. The number of para-hydroxylation sites is 1. The van der Waals surface area contributed by atoms with Gasteiger partial charge in [-0.25, -0.2) is 4.98 Å². The fraction of sp³-hybridized carbons (Fsp3) is 0. The molecule has 14 aromatic rings. The lowest BCUT2D eigenvalue weighted by Crippen LogP contribution is -1.94. The molecule has 2 heterocycles. The Hall–Kier alpha value is -8.33. The molecule has 0 aliphatic rings. The van der Waals surface area contributed by atoms with Crippen LogP contribution in [0.5, 0.6) is 0 Å². The van der Waals surface area contributed by atoms with Crippen LogP contribution in [0.25, 0.3) is 136 Å². The molecule has 0 saturated heterocycles. The minimum absolute atomic E-state index is 0.982. The van der Waals surface area contributed by atoms with Crippen LogP contribution in [0.1, 0.15) is 0 Å². The van der Waals surface area contributed by atoms with Gasteiger partial charge in [0.15, 0.2) is 0 Å². The number of nitrogens with zero attached hydrogens (tertiary/aromatic N) is 2. The number of rotatable bonds is 3. The Labute approximate surface area is 362 Å². The van der Waals surface area contributed by atoms with E-state index in [0.717, 1.165) is 27.6 Å². The molecule has 0 unspecified atom stereocenters. The molecule has 0 bridgehead atoms. The number of hydrogen-bond donors (Lipinski definition) is 0. The van der Waals surface area contributed by atoms with Gasteiger partial charge >= 0.3 is 0 Å². The van der Waals surface area contributed by atoms with E-state index >= 15 is 0 Å². The Morgan fingerprint density at radius 2 is 0.825 bits per heavy atom. The van der Waals surface area contributed by atoms with Gasteiger partial charge in [0.05, 0.1) is 16.6 Å². The molecule has 2 heteroatoms. The molecular formula is C61H36N2. The van der Waals surface area contributed by atoms with Crippen molar-refractivity contribution < 1.29 is 0 Å². The first-order valence-corrected chi connectivity index (χ1v) is 21.8. The smallest absolute Gasteiger partial charge is 0.146 e. The maximum Gasteiger partial charge on any atom is 0.146 e. The maximum atomic E-state index is 5.53. The summed E-state index contributed by atoms with van der Waals surface area (Å²) in [4.78, 5) is 5.53. The molecular weight excluding hydrogens is 761 g/mol. The van der Waals surface area contributed by atoms with Gasteiger partial charge in [-0.15, -0.1) is 0 Å². The van der Waals surface area contributed by atoms with Gasteiger partial charge in [-0.1, -0.05) is 188 Å². The van der Waals surface area contributed by atoms with Crippen LogP contribution < -0.4 is 0 Å². The summed E-state index contributed by atoms with van der Waals surface area (Å²) in [7, 11) is 0. The summed E-state index contributed by atoms with van der Waals surface area (Å²) in [5.41, 5.74) is 11.7. The highest BCUT2D eigenvalue weighted by molar-refractivity contribution is 6.27. The first-order chi connectivity index (χ1) is 31.3. The quantitative estimate of drug-likeness (QED) is 0.129. The number of pyridine rings is 1. The first kappa shape index (κ1) is 34.4. The second-order valence-electron chi connectivity index (χ2n) is 17.0. The van der Waals surface area contributed by atoms with Gasteiger partial charge < -0.3 is 0 Å². The zero-order valence-electron chi connectivity index (χ0n) is 34.2. The van der Waals surface area contributed by atoms with Crippen molar-refractivity contribution in [3.63, 3.8) is 0 Å². The molecule has 0 N–H and O–H groups in total. The minimum atomic E-state index is 0.982. The average molecular weight is 797 g/mol. The summed E-state index contributed by atoms with van der Waals surface area (Å²) in [5, 5.41) is 18.4. The standard InChI is InChI=1S/C61H36N2/c1-2-16-39-34-42(29-28-37(39)14-1)57-48-22-7-8-23-49(48)58(47-26-13-17-38-15-3-4-18-43(38)47)50-32-30-41(36-55(50)57)40-31-33-53-54(35-40)46-21-11-12-27-56(46)63-60-52-25-10-6-20-45(52)44-19-5-9-24-51(44)59(60)62-61(53)63/h1-36H. The molecule has 2 aromatic heterocycles. The Morgan fingerprint density at radius 3 is 1.62 bits per heavy atom. The molecule has 0 aliphatic carbocycles. The predicted octanol–water partition coefficient (Wildman–Crippen LogP) is 16.7. The Bertz CT molecular complexity index is 4260. The summed E-state index contributed by atoms with van der Waals surface area (Å²) >= 11 is 0. The SMILES string of the molecule is c1ccc2cc(-c3c4ccccc4c(-c4cccc5ccccc45)c4ccc(-c5ccc6c(c5)c5ccccc5n5c6nc6c7ccccc7c7ccccc7c65)cc34)ccc2c1. The van der Waals surface area contributed by atoms with E-state index in [4.69, 9.17) is 4.98 Å². The van der Waals surface area contributed by atoms with Crippen molar-refractivity contribution in [1.82, 2.24) is 9.38 Å². The fourth-order valence-corrected chi connectivity index (χ4v) is 10.9. The second-order valence-corrected chi connectivity index (χ2v) is 17.0. The van der Waals surface area contributed by atoms with E-state index in [0.29, 0.717) is 0 Å². The zero-order valence-corrected chi connectivity index (χ0v) is 34.2. The van der Waals surface area contributed by atoms with Gasteiger partial charge in [0.2, 0.25) is 0 Å². The van der Waals surface area contributed by atoms with E-state index in [9.17, 15) is 0 Å². The highest BCUT2D eigenvalue weighted by Crippen LogP contribution is 2.47. The van der Waals surface area contributed by atoms with E-state index in [1.165, 1.54) is 109 Å². The zero-order chi connectivity index (χ0) is 41.2. The average Bonchev–Trinajstić information content (AvgIpc) is 3.77. The number of benzene rings is 12. The molecule has 14 rings (SSSR count). The normalized spacial score (nSPS) is 12.1. The number of aromatic nitrogens is 2. The predicted molar refractivity (Wildman–Crippen MR) is 269 cm³/mol. The van der Waals surface area contributed by atoms with Crippen LogP contribution in [0.4, 0.5) is 0 Å². The fourth-order valence-electron chi connectivity index (χ4n) is 10.9. The first-order valence-electron chi connectivity index (χ1n) is 21.8. The number of hydrogen-bond acceptors (Lipinski definition) is 1. The molecule has 0 aliphatic heterocycles. The maximum absolute atomic E-state index is 5.53. The largest absolute Gasteiger partial charge is 0.291 e. The third-order valence-corrected chi connectivity index (χ3v) is 13.7. The highest BCUT2D eigenvalue weighted by Gasteiger charge is 2.21. The Morgan fingerprint density at radius 1 is 0.286 bits per heavy atom. The van der Waals surface area contributed by atoms with E-state index < -0.39 is 0 Å². The van der Waals surface area contributed by atoms with Crippen molar-refractivity contribution in [2.24, 2.45) is 0 Å². The van der Waals surface area contributed by atoms with Crippen LogP contribution in [0.3, 0.4) is 0 Å². The van der Waals surface area contributed by atoms with Crippen LogP contribution in [0.2, 0.25) is 0 Å². The van der Waals surface area contributed by atoms with Gasteiger partial charge in [-0.05, 0) is 123 Å². The Balaban J connectivity index is 1.07. The van der Waals surface area contributed by atoms with Gasteiger partial charge in [-0.3, -0.25) is 4.40 Å². The van der Waals surface area contributed by atoms with E-state index in [-0.39, 0.29) is 0 Å². The minimum Gasteiger partial charge on any atom is -0.291 e. The van der Waals surface area contributed by atoms with Crippen molar-refractivity contribution in [1.29, 1.82) is 0 Å². The van der Waals surface area contributed by atoms with Crippen LogP contribution in [-0.2, 0) is 0 Å². The molecule has 0 amide bonds. The van der Waals surface area contributed by atoms with Gasteiger partial charge in [0, 0.05) is 21.5 Å². The lowest BCUT2D eigenvalue weighted by atomic mass is 9.83. The summed E-state index contributed by atoms with van der Waals surface area (Å²) in [6, 6.07) is 80.6. The van der Waals surface area contributed by atoms with E-state index in [2.05, 4.69) is 223 Å². The summed E-state index contributed by atoms with van der Waals surface area (Å²) in [6.07, 6.45) is 0. The number of imidazole rings is 1.